The van der Waals surface area contributed by atoms with Gasteiger partial charge >= 0.3 is 0 Å². The van der Waals surface area contributed by atoms with Crippen LogP contribution in [0.2, 0.25) is 0 Å². The summed E-state index contributed by atoms with van der Waals surface area (Å²) in [6.07, 6.45) is 9.15. The van der Waals surface area contributed by atoms with Crippen LogP contribution in [0.5, 0.6) is 0 Å². The first kappa shape index (κ1) is 20.8. The van der Waals surface area contributed by atoms with Crippen LogP contribution in [-0.2, 0) is 17.1 Å². The third-order valence-electron chi connectivity index (χ3n) is 6.02. The van der Waals surface area contributed by atoms with Crippen LogP contribution in [0.3, 0.4) is 0 Å². The number of rotatable bonds is 5. The number of nitro groups is 1. The Morgan fingerprint density at radius 1 is 1.10 bits per heavy atom. The fourth-order valence-corrected chi connectivity index (χ4v) is 6.04. The van der Waals surface area contributed by atoms with Crippen molar-refractivity contribution in [1.29, 1.82) is 0 Å². The van der Waals surface area contributed by atoms with E-state index in [0.717, 1.165) is 44.1 Å². The smallest absolute Gasteiger partial charge is 0.293 e. The number of anilines is 1. The Morgan fingerprint density at radius 2 is 1.83 bits per heavy atom. The quantitative estimate of drug-likeness (QED) is 0.530. The van der Waals surface area contributed by atoms with Gasteiger partial charge in [-0.05, 0) is 37.8 Å². The number of benzene rings is 1. The van der Waals surface area contributed by atoms with Crippen molar-refractivity contribution in [2.45, 2.75) is 49.5 Å². The average molecular weight is 434 g/mol. The molecule has 10 heteroatoms. The number of aryl methyl sites for hydroxylation is 1. The first-order chi connectivity index (χ1) is 14.4. The van der Waals surface area contributed by atoms with Crippen molar-refractivity contribution in [3.05, 3.63) is 46.3 Å². The van der Waals surface area contributed by atoms with Crippen LogP contribution in [-0.4, -0.2) is 47.1 Å². The third kappa shape index (κ3) is 3.93. The molecule has 0 amide bonds. The van der Waals surface area contributed by atoms with Crippen molar-refractivity contribution in [1.82, 2.24) is 14.1 Å². The summed E-state index contributed by atoms with van der Waals surface area (Å²) in [5, 5.41) is 16.1. The molecule has 1 atom stereocenters. The van der Waals surface area contributed by atoms with Gasteiger partial charge in [-0.15, -0.1) is 0 Å². The molecule has 1 unspecified atom stereocenters. The molecular weight excluding hydrogens is 406 g/mol. The fraction of sp³-hybridized carbons (Fsp3) is 0.550. The minimum absolute atomic E-state index is 0.00280. The van der Waals surface area contributed by atoms with Crippen molar-refractivity contribution in [2.75, 3.05) is 24.5 Å². The first-order valence-corrected chi connectivity index (χ1v) is 11.9. The second kappa shape index (κ2) is 8.35. The number of sulfonamides is 1. The Hall–Kier alpha value is -2.46. The standard InChI is InChI=1S/C20H27N5O4S/c1-22-15-16(14-21-22)18-7-6-12-24(18)19-9-8-17(13-20(19)25(26)27)30(28,29)23-10-4-2-3-5-11-23/h8-9,13-15,18H,2-7,10-12H2,1H3. The van der Waals surface area contributed by atoms with Gasteiger partial charge in [0.2, 0.25) is 10.0 Å². The van der Waals surface area contributed by atoms with Gasteiger partial charge in [0.05, 0.1) is 22.1 Å². The molecule has 1 aromatic heterocycles. The number of nitrogens with zero attached hydrogens (tertiary/aromatic N) is 5. The molecule has 0 bridgehead atoms. The zero-order valence-corrected chi connectivity index (χ0v) is 17.9. The van der Waals surface area contributed by atoms with Crippen LogP contribution in [0.25, 0.3) is 0 Å². The molecule has 162 valence electrons. The maximum atomic E-state index is 13.1. The van der Waals surface area contributed by atoms with Crippen molar-refractivity contribution in [3.63, 3.8) is 0 Å². The summed E-state index contributed by atoms with van der Waals surface area (Å²) in [5.74, 6) is 0. The molecule has 0 aliphatic carbocycles. The molecular formula is C20H27N5O4S. The molecule has 2 fully saturated rings. The molecule has 3 heterocycles. The predicted octanol–water partition coefficient (Wildman–Crippen LogP) is 3.23. The summed E-state index contributed by atoms with van der Waals surface area (Å²) < 4.78 is 29.4. The maximum Gasteiger partial charge on any atom is 0.293 e. The number of aromatic nitrogens is 2. The molecule has 2 saturated heterocycles. The van der Waals surface area contributed by atoms with E-state index in [1.54, 1.807) is 16.9 Å². The highest BCUT2D eigenvalue weighted by Gasteiger charge is 2.34. The van der Waals surface area contributed by atoms with Crippen LogP contribution < -0.4 is 4.90 Å². The van der Waals surface area contributed by atoms with E-state index >= 15 is 0 Å². The zero-order chi connectivity index (χ0) is 21.3. The van der Waals surface area contributed by atoms with Gasteiger partial charge in [0, 0.05) is 44.5 Å². The van der Waals surface area contributed by atoms with E-state index in [2.05, 4.69) is 5.10 Å². The lowest BCUT2D eigenvalue weighted by molar-refractivity contribution is -0.384. The normalized spacial score (nSPS) is 21.0. The summed E-state index contributed by atoms with van der Waals surface area (Å²) in [7, 11) is -1.91. The Balaban J connectivity index is 1.69. The van der Waals surface area contributed by atoms with Crippen molar-refractivity contribution in [3.8, 4) is 0 Å². The van der Waals surface area contributed by atoms with Gasteiger partial charge in [-0.3, -0.25) is 14.8 Å². The molecule has 0 saturated carbocycles. The highest BCUT2D eigenvalue weighted by Crippen LogP contribution is 2.41. The van der Waals surface area contributed by atoms with Crippen LogP contribution in [0.15, 0.2) is 35.5 Å². The maximum absolute atomic E-state index is 13.1. The molecule has 2 aliphatic rings. The van der Waals surface area contributed by atoms with Gasteiger partial charge in [-0.1, -0.05) is 12.8 Å². The number of hydrogen-bond donors (Lipinski definition) is 0. The van der Waals surface area contributed by atoms with E-state index < -0.39 is 14.9 Å². The Morgan fingerprint density at radius 3 is 2.47 bits per heavy atom. The third-order valence-corrected chi connectivity index (χ3v) is 7.91. The molecule has 0 spiro atoms. The van der Waals surface area contributed by atoms with Crippen LogP contribution >= 0.6 is 0 Å². The molecule has 0 radical (unpaired) electrons. The van der Waals surface area contributed by atoms with Gasteiger partial charge in [-0.2, -0.15) is 9.40 Å². The largest absolute Gasteiger partial charge is 0.359 e. The predicted molar refractivity (Wildman–Crippen MR) is 113 cm³/mol. The minimum Gasteiger partial charge on any atom is -0.359 e. The molecule has 9 nitrogen and oxygen atoms in total. The summed E-state index contributed by atoms with van der Waals surface area (Å²) >= 11 is 0. The van der Waals surface area contributed by atoms with E-state index in [1.165, 1.54) is 16.4 Å². The van der Waals surface area contributed by atoms with Crippen molar-refractivity contribution >= 4 is 21.4 Å². The lowest BCUT2D eigenvalue weighted by Gasteiger charge is -2.26. The monoisotopic (exact) mass is 433 g/mol. The minimum atomic E-state index is -3.75. The molecule has 2 aliphatic heterocycles. The van der Waals surface area contributed by atoms with Gasteiger partial charge in [0.1, 0.15) is 5.69 Å². The molecule has 2 aromatic rings. The van der Waals surface area contributed by atoms with Gasteiger partial charge < -0.3 is 4.90 Å². The van der Waals surface area contributed by atoms with Gasteiger partial charge in [-0.25, -0.2) is 8.42 Å². The van der Waals surface area contributed by atoms with Crippen LogP contribution in [0.1, 0.15) is 50.1 Å². The summed E-state index contributed by atoms with van der Waals surface area (Å²) in [4.78, 5) is 13.4. The second-order valence-electron chi connectivity index (χ2n) is 8.02. The lowest BCUT2D eigenvalue weighted by Crippen LogP contribution is -2.32. The van der Waals surface area contributed by atoms with Gasteiger partial charge in [0.25, 0.3) is 5.69 Å². The van der Waals surface area contributed by atoms with Gasteiger partial charge in [0.15, 0.2) is 0 Å². The van der Waals surface area contributed by atoms with Crippen molar-refractivity contribution < 1.29 is 13.3 Å². The number of hydrogen-bond acceptors (Lipinski definition) is 6. The Labute approximate surface area is 176 Å². The molecule has 30 heavy (non-hydrogen) atoms. The highest BCUT2D eigenvalue weighted by molar-refractivity contribution is 7.89. The SMILES string of the molecule is Cn1cc(C2CCCN2c2ccc(S(=O)(=O)N3CCCCCC3)cc2[N+](=O)[O-])cn1. The Bertz CT molecular complexity index is 1030. The highest BCUT2D eigenvalue weighted by atomic mass is 32.2. The van der Waals surface area contributed by atoms with Crippen molar-refractivity contribution in [2.24, 2.45) is 7.05 Å². The molecule has 4 rings (SSSR count). The summed E-state index contributed by atoms with van der Waals surface area (Å²) in [5.41, 5.74) is 1.30. The summed E-state index contributed by atoms with van der Waals surface area (Å²) in [6.45, 7) is 1.61. The van der Waals surface area contributed by atoms with Crippen LogP contribution in [0.4, 0.5) is 11.4 Å². The van der Waals surface area contributed by atoms with E-state index in [9.17, 15) is 18.5 Å². The van der Waals surface area contributed by atoms with Crippen LogP contribution in [0, 0.1) is 10.1 Å². The molecule has 1 aromatic carbocycles. The molecule has 0 N–H and O–H groups in total. The van der Waals surface area contributed by atoms with E-state index in [4.69, 9.17) is 0 Å². The first-order valence-electron chi connectivity index (χ1n) is 10.4. The summed E-state index contributed by atoms with van der Waals surface area (Å²) in [6, 6.07) is 4.33. The average Bonchev–Trinajstić information content (AvgIpc) is 3.28. The lowest BCUT2D eigenvalue weighted by atomic mass is 10.1. The second-order valence-corrected chi connectivity index (χ2v) is 9.96. The Kier molecular flexibility index (Phi) is 5.79. The zero-order valence-electron chi connectivity index (χ0n) is 17.1. The van der Waals surface area contributed by atoms with E-state index in [1.807, 2.05) is 18.1 Å². The van der Waals surface area contributed by atoms with E-state index in [-0.39, 0.29) is 16.6 Å². The fourth-order valence-electron chi connectivity index (χ4n) is 4.50. The topological polar surface area (TPSA) is 102 Å². The van der Waals surface area contributed by atoms with E-state index in [0.29, 0.717) is 25.3 Å². The number of nitro benzene ring substituents is 1.